The average molecular weight is 205 g/mol. The van der Waals surface area contributed by atoms with E-state index in [4.69, 9.17) is 22.1 Å². The molecule has 0 amide bonds. The fraction of sp³-hybridized carbons (Fsp3) is 1.00. The first kappa shape index (κ1) is 13.3. The van der Waals surface area contributed by atoms with Crippen LogP contribution in [0.4, 0.5) is 0 Å². The average Bonchev–Trinajstić information content (AvgIpc) is 2.16. The van der Waals surface area contributed by atoms with Gasteiger partial charge in [-0.2, -0.15) is 0 Å². The first-order chi connectivity index (χ1) is 6.41. The molecule has 0 aromatic heterocycles. The summed E-state index contributed by atoms with van der Waals surface area (Å²) in [6, 6.07) is 0. The van der Waals surface area contributed by atoms with Gasteiger partial charge in [0.15, 0.2) is 0 Å². The van der Waals surface area contributed by atoms with E-state index in [1.807, 2.05) is 0 Å². The lowest BCUT2D eigenvalue weighted by atomic mass is 10.3. The Morgan fingerprint density at radius 2 is 1.46 bits per heavy atom. The van der Waals surface area contributed by atoms with Crippen molar-refractivity contribution in [2.45, 2.75) is 32.6 Å². The zero-order valence-electron chi connectivity index (χ0n) is 8.59. The van der Waals surface area contributed by atoms with Crippen LogP contribution < -0.4 is 0 Å². The first-order valence-corrected chi connectivity index (χ1v) is 5.73. The van der Waals surface area contributed by atoms with Crippen molar-refractivity contribution in [1.82, 2.24) is 0 Å². The Bertz CT molecular complexity index is 79.0. The molecule has 79 valence electrons. The number of rotatable bonds is 10. The van der Waals surface area contributed by atoms with Crippen LogP contribution >= 0.6 is 12.6 Å². The summed E-state index contributed by atoms with van der Waals surface area (Å²) >= 11 is 4.83. The second kappa shape index (κ2) is 12.3. The van der Waals surface area contributed by atoms with E-state index in [1.165, 1.54) is 0 Å². The SMILES string of the molecule is CCCOCCCOCCCC[S]. The van der Waals surface area contributed by atoms with Crippen molar-refractivity contribution in [3.63, 3.8) is 0 Å². The maximum atomic E-state index is 5.39. The summed E-state index contributed by atoms with van der Waals surface area (Å²) in [5.74, 6) is 0.850. The summed E-state index contributed by atoms with van der Waals surface area (Å²) in [4.78, 5) is 0. The van der Waals surface area contributed by atoms with E-state index in [2.05, 4.69) is 6.92 Å². The molecule has 0 aliphatic rings. The molecule has 13 heavy (non-hydrogen) atoms. The molecule has 1 radical (unpaired) electrons. The third-order valence-corrected chi connectivity index (χ3v) is 1.90. The largest absolute Gasteiger partial charge is 0.381 e. The van der Waals surface area contributed by atoms with Crippen LogP contribution in [0.1, 0.15) is 32.6 Å². The molecular weight excluding hydrogens is 184 g/mol. The van der Waals surface area contributed by atoms with Crippen molar-refractivity contribution < 1.29 is 9.47 Å². The van der Waals surface area contributed by atoms with Gasteiger partial charge in [0.2, 0.25) is 0 Å². The summed E-state index contributed by atoms with van der Waals surface area (Å²) in [6.07, 6.45) is 4.30. The minimum atomic E-state index is 0.821. The third kappa shape index (κ3) is 12.3. The smallest absolute Gasteiger partial charge is 0.0487 e. The van der Waals surface area contributed by atoms with Crippen molar-refractivity contribution >= 4 is 12.6 Å². The summed E-state index contributed by atoms with van der Waals surface area (Å²) in [7, 11) is 0. The Kier molecular flexibility index (Phi) is 12.5. The summed E-state index contributed by atoms with van der Waals surface area (Å²) < 4.78 is 10.7. The van der Waals surface area contributed by atoms with E-state index in [1.54, 1.807) is 0 Å². The number of hydrogen-bond acceptors (Lipinski definition) is 2. The molecule has 0 aliphatic carbocycles. The molecule has 0 aliphatic heterocycles. The van der Waals surface area contributed by atoms with Gasteiger partial charge in [-0.25, -0.2) is 0 Å². The van der Waals surface area contributed by atoms with Gasteiger partial charge in [-0.15, -0.1) is 0 Å². The summed E-state index contributed by atoms with van der Waals surface area (Å²) in [5.41, 5.74) is 0. The minimum absolute atomic E-state index is 0.821. The monoisotopic (exact) mass is 205 g/mol. The van der Waals surface area contributed by atoms with E-state index < -0.39 is 0 Å². The lowest BCUT2D eigenvalue weighted by Crippen LogP contribution is -2.02. The molecule has 0 atom stereocenters. The predicted octanol–water partition coefficient (Wildman–Crippen LogP) is 2.80. The quantitative estimate of drug-likeness (QED) is 0.511. The van der Waals surface area contributed by atoms with Crippen LogP contribution in [-0.4, -0.2) is 32.2 Å². The van der Waals surface area contributed by atoms with Gasteiger partial charge in [-0.1, -0.05) is 19.6 Å². The second-order valence-corrected chi connectivity index (χ2v) is 3.40. The molecule has 0 aromatic carbocycles. The fourth-order valence-electron chi connectivity index (χ4n) is 0.918. The molecule has 0 aromatic rings. The van der Waals surface area contributed by atoms with Crippen LogP contribution in [-0.2, 0) is 9.47 Å². The van der Waals surface area contributed by atoms with Gasteiger partial charge in [0, 0.05) is 32.2 Å². The van der Waals surface area contributed by atoms with Crippen molar-refractivity contribution in [3.05, 3.63) is 0 Å². The maximum absolute atomic E-state index is 5.39. The van der Waals surface area contributed by atoms with Gasteiger partial charge < -0.3 is 9.47 Å². The Labute approximate surface area is 87.4 Å². The predicted molar refractivity (Wildman–Crippen MR) is 58.2 cm³/mol. The van der Waals surface area contributed by atoms with Crippen molar-refractivity contribution in [2.75, 3.05) is 32.2 Å². The lowest BCUT2D eigenvalue weighted by molar-refractivity contribution is 0.0819. The third-order valence-electron chi connectivity index (χ3n) is 1.61. The molecule has 2 nitrogen and oxygen atoms in total. The highest BCUT2D eigenvalue weighted by atomic mass is 32.1. The van der Waals surface area contributed by atoms with E-state index in [9.17, 15) is 0 Å². The number of unbranched alkanes of at least 4 members (excludes halogenated alkanes) is 1. The van der Waals surface area contributed by atoms with E-state index in [0.29, 0.717) is 0 Å². The van der Waals surface area contributed by atoms with Crippen LogP contribution in [0.2, 0.25) is 0 Å². The molecular formula is C10H21O2S. The van der Waals surface area contributed by atoms with Crippen LogP contribution in [0.15, 0.2) is 0 Å². The number of ether oxygens (including phenoxy) is 2. The van der Waals surface area contributed by atoms with Gasteiger partial charge in [-0.05, 0) is 25.7 Å². The normalized spacial score (nSPS) is 10.6. The van der Waals surface area contributed by atoms with Crippen molar-refractivity contribution in [3.8, 4) is 0 Å². The molecule has 0 spiro atoms. The highest BCUT2D eigenvalue weighted by Crippen LogP contribution is 1.93. The zero-order chi connectivity index (χ0) is 9.78. The fourth-order valence-corrected chi connectivity index (χ4v) is 1.12. The molecule has 0 N–H and O–H groups in total. The summed E-state index contributed by atoms with van der Waals surface area (Å²) in [6.45, 7) is 5.49. The van der Waals surface area contributed by atoms with Gasteiger partial charge in [0.05, 0.1) is 0 Å². The molecule has 0 unspecified atom stereocenters. The molecule has 0 rings (SSSR count). The maximum Gasteiger partial charge on any atom is 0.0487 e. The molecule has 0 heterocycles. The van der Waals surface area contributed by atoms with E-state index >= 15 is 0 Å². The Morgan fingerprint density at radius 1 is 0.846 bits per heavy atom. The van der Waals surface area contributed by atoms with Gasteiger partial charge >= 0.3 is 0 Å². The van der Waals surface area contributed by atoms with Gasteiger partial charge in [0.25, 0.3) is 0 Å². The molecule has 3 heteroatoms. The zero-order valence-corrected chi connectivity index (χ0v) is 9.41. The molecule has 0 bridgehead atoms. The first-order valence-electron chi connectivity index (χ1n) is 5.15. The highest BCUT2D eigenvalue weighted by Gasteiger charge is 1.90. The van der Waals surface area contributed by atoms with E-state index in [0.717, 1.165) is 57.9 Å². The van der Waals surface area contributed by atoms with Crippen LogP contribution in [0, 0.1) is 0 Å². The highest BCUT2D eigenvalue weighted by molar-refractivity contribution is 7.80. The minimum Gasteiger partial charge on any atom is -0.381 e. The number of hydrogen-bond donors (Lipinski definition) is 0. The molecule has 0 saturated carbocycles. The topological polar surface area (TPSA) is 18.5 Å². The van der Waals surface area contributed by atoms with Crippen molar-refractivity contribution in [2.24, 2.45) is 0 Å². The van der Waals surface area contributed by atoms with Crippen LogP contribution in [0.3, 0.4) is 0 Å². The molecule has 0 fully saturated rings. The summed E-state index contributed by atoms with van der Waals surface area (Å²) in [5, 5.41) is 0. The standard InChI is InChI=1S/C10H21O2S/c1-2-6-11-8-5-9-12-7-3-4-10-13/h2-10H2,1H3. The molecule has 0 saturated heterocycles. The van der Waals surface area contributed by atoms with E-state index in [-0.39, 0.29) is 0 Å². The Morgan fingerprint density at radius 3 is 2.08 bits per heavy atom. The van der Waals surface area contributed by atoms with Crippen LogP contribution in [0.5, 0.6) is 0 Å². The Balaban J connectivity index is 2.76. The van der Waals surface area contributed by atoms with Crippen LogP contribution in [0.25, 0.3) is 0 Å². The van der Waals surface area contributed by atoms with Gasteiger partial charge in [-0.3, -0.25) is 0 Å². The van der Waals surface area contributed by atoms with Crippen molar-refractivity contribution in [1.29, 1.82) is 0 Å². The second-order valence-electron chi connectivity index (χ2n) is 2.99. The van der Waals surface area contributed by atoms with Gasteiger partial charge in [0.1, 0.15) is 0 Å². The Hall–Kier alpha value is 0.270. The lowest BCUT2D eigenvalue weighted by Gasteiger charge is -2.03.